The average molecular weight is 494 g/mol. The molecule has 0 saturated carbocycles. The van der Waals surface area contributed by atoms with Crippen molar-refractivity contribution in [3.05, 3.63) is 78.2 Å². The number of fused-ring (bicyclic) bond motifs is 1. The summed E-state index contributed by atoms with van der Waals surface area (Å²) in [6, 6.07) is 16.6. The van der Waals surface area contributed by atoms with E-state index in [1.54, 1.807) is 0 Å². The minimum Gasteiger partial charge on any atom is -0.465 e. The molecule has 0 spiro atoms. The molecular formula is C23H20BrN5O3. The van der Waals surface area contributed by atoms with E-state index in [9.17, 15) is 4.79 Å². The molecule has 0 fully saturated rings. The number of carboxylic acid groups (broad SMARTS) is 1. The Morgan fingerprint density at radius 2 is 1.88 bits per heavy atom. The van der Waals surface area contributed by atoms with Crippen LogP contribution in [-0.2, 0) is 6.54 Å². The van der Waals surface area contributed by atoms with Crippen molar-refractivity contribution >= 4 is 38.9 Å². The number of ether oxygens (including phenoxy) is 1. The molecule has 2 aromatic carbocycles. The maximum atomic E-state index is 11.1. The molecule has 4 rings (SSSR count). The molecule has 2 heterocycles. The highest BCUT2D eigenvalue weighted by Gasteiger charge is 2.22. The highest BCUT2D eigenvalue weighted by atomic mass is 79.9. The van der Waals surface area contributed by atoms with Crippen molar-refractivity contribution in [2.75, 3.05) is 5.73 Å². The zero-order valence-corrected chi connectivity index (χ0v) is 18.5. The van der Waals surface area contributed by atoms with Gasteiger partial charge in [-0.05, 0) is 45.8 Å². The van der Waals surface area contributed by atoms with Crippen LogP contribution in [0.1, 0.15) is 0 Å². The third kappa shape index (κ3) is 4.28. The topological polar surface area (TPSA) is 115 Å². The van der Waals surface area contributed by atoms with Crippen LogP contribution in [0.25, 0.3) is 22.2 Å². The Bertz CT molecular complexity index is 1270. The Morgan fingerprint density at radius 3 is 2.53 bits per heavy atom. The first-order valence-corrected chi connectivity index (χ1v) is 10.5. The zero-order chi connectivity index (χ0) is 22.7. The van der Waals surface area contributed by atoms with Crippen molar-refractivity contribution in [1.29, 1.82) is 0 Å². The third-order valence-electron chi connectivity index (χ3n) is 4.90. The summed E-state index contributed by atoms with van der Waals surface area (Å²) < 4.78 is 8.43. The fourth-order valence-electron chi connectivity index (χ4n) is 3.44. The van der Waals surface area contributed by atoms with Crippen LogP contribution in [0.2, 0.25) is 0 Å². The van der Waals surface area contributed by atoms with Crippen LogP contribution in [-0.4, -0.2) is 31.8 Å². The van der Waals surface area contributed by atoms with Gasteiger partial charge < -0.3 is 25.5 Å². The summed E-state index contributed by atoms with van der Waals surface area (Å²) in [5, 5.41) is 12.2. The summed E-state index contributed by atoms with van der Waals surface area (Å²) in [7, 11) is 0. The third-order valence-corrected chi connectivity index (χ3v) is 5.72. The summed E-state index contributed by atoms with van der Waals surface area (Å²) in [5.74, 6) is 1.77. The number of rotatable bonds is 7. The van der Waals surface area contributed by atoms with Gasteiger partial charge in [-0.2, -0.15) is 0 Å². The maximum absolute atomic E-state index is 11.1. The number of hydrogen-bond acceptors (Lipinski definition) is 5. The number of anilines is 1. The fourth-order valence-corrected chi connectivity index (χ4v) is 4.18. The Balaban J connectivity index is 1.75. The van der Waals surface area contributed by atoms with Gasteiger partial charge in [0.2, 0.25) is 0 Å². The molecule has 8 nitrogen and oxygen atoms in total. The van der Waals surface area contributed by atoms with Gasteiger partial charge in [-0.1, -0.05) is 36.4 Å². The van der Waals surface area contributed by atoms with E-state index in [4.69, 9.17) is 15.6 Å². The number of nitrogens with zero attached hydrogens (tertiary/aromatic N) is 3. The predicted molar refractivity (Wildman–Crippen MR) is 127 cm³/mol. The second-order valence-electron chi connectivity index (χ2n) is 6.97. The molecule has 1 atom stereocenters. The fraction of sp³-hybridized carbons (Fsp3) is 0.0870. The predicted octanol–water partition coefficient (Wildman–Crippen LogP) is 5.06. The molecule has 1 amide bonds. The number of nitrogens with two attached hydrogens (primary N) is 1. The number of nitrogens with one attached hydrogen (secondary N) is 1. The first kappa shape index (κ1) is 21.4. The van der Waals surface area contributed by atoms with E-state index >= 15 is 0 Å². The lowest BCUT2D eigenvalue weighted by atomic mass is 10.1. The Labute approximate surface area is 192 Å². The highest BCUT2D eigenvalue weighted by Crippen LogP contribution is 2.40. The molecule has 1 unspecified atom stereocenters. The van der Waals surface area contributed by atoms with Crippen LogP contribution in [0.5, 0.6) is 11.5 Å². The smallest absolute Gasteiger partial charge is 0.405 e. The maximum Gasteiger partial charge on any atom is 0.405 e. The van der Waals surface area contributed by atoms with Gasteiger partial charge in [-0.3, -0.25) is 0 Å². The summed E-state index contributed by atoms with van der Waals surface area (Å²) in [6.07, 6.45) is 1.78. The molecule has 9 heteroatoms. The Hall–Kier alpha value is -3.85. The van der Waals surface area contributed by atoms with Crippen LogP contribution in [0.15, 0.2) is 78.2 Å². The molecule has 0 aliphatic rings. The van der Waals surface area contributed by atoms with E-state index in [0.29, 0.717) is 27.2 Å². The zero-order valence-electron chi connectivity index (χ0n) is 16.9. The van der Waals surface area contributed by atoms with E-state index in [1.165, 1.54) is 12.4 Å². The molecule has 0 bridgehead atoms. The second kappa shape index (κ2) is 9.11. The summed E-state index contributed by atoms with van der Waals surface area (Å²) in [5.41, 5.74) is 8.49. The first-order valence-electron chi connectivity index (χ1n) is 9.71. The largest absolute Gasteiger partial charge is 0.465 e. The van der Waals surface area contributed by atoms with Crippen molar-refractivity contribution in [3.63, 3.8) is 0 Å². The van der Waals surface area contributed by atoms with Crippen molar-refractivity contribution in [2.45, 2.75) is 12.6 Å². The first-order chi connectivity index (χ1) is 15.5. The van der Waals surface area contributed by atoms with Crippen molar-refractivity contribution in [2.24, 2.45) is 0 Å². The second-order valence-corrected chi connectivity index (χ2v) is 7.72. The quantitative estimate of drug-likeness (QED) is 0.310. The standard InChI is InChI=1S/C23H20BrN5O3/c1-2-15(28-23(30)31)12-29-20(24)18(19-21(25)26-13-27-22(19)29)14-8-10-17(11-9-14)32-16-6-4-3-5-7-16/h2-11,13,15,28H,1,12H2,(H,30,31)(H2,25,26,27). The lowest BCUT2D eigenvalue weighted by molar-refractivity contribution is 0.191. The Morgan fingerprint density at radius 1 is 1.19 bits per heavy atom. The Kier molecular flexibility index (Phi) is 6.09. The van der Waals surface area contributed by atoms with Gasteiger partial charge in [-0.15, -0.1) is 6.58 Å². The molecule has 4 N–H and O–H groups in total. The molecular weight excluding hydrogens is 474 g/mol. The van der Waals surface area contributed by atoms with Gasteiger partial charge >= 0.3 is 6.09 Å². The number of nitrogen functional groups attached to an aromatic ring is 1. The highest BCUT2D eigenvalue weighted by molar-refractivity contribution is 9.10. The van der Waals surface area contributed by atoms with Crippen molar-refractivity contribution in [3.8, 4) is 22.6 Å². The minimum absolute atomic E-state index is 0.276. The lowest BCUT2D eigenvalue weighted by Crippen LogP contribution is -2.35. The van der Waals surface area contributed by atoms with Gasteiger partial charge in [0.05, 0.1) is 16.0 Å². The molecule has 4 aromatic rings. The molecule has 2 aromatic heterocycles. The van der Waals surface area contributed by atoms with Crippen LogP contribution >= 0.6 is 15.9 Å². The summed E-state index contributed by atoms with van der Waals surface area (Å²) >= 11 is 3.66. The number of para-hydroxylation sites is 1. The van der Waals surface area contributed by atoms with E-state index < -0.39 is 12.1 Å². The van der Waals surface area contributed by atoms with Crippen LogP contribution in [0, 0.1) is 0 Å². The molecule has 0 aliphatic heterocycles. The molecule has 162 valence electrons. The van der Waals surface area contributed by atoms with E-state index in [-0.39, 0.29) is 6.54 Å². The molecule has 0 saturated heterocycles. The van der Waals surface area contributed by atoms with Gasteiger partial charge in [0, 0.05) is 12.1 Å². The lowest BCUT2D eigenvalue weighted by Gasteiger charge is -2.15. The number of amides is 1. The number of hydrogen-bond donors (Lipinski definition) is 3. The van der Waals surface area contributed by atoms with Gasteiger partial charge in [0.25, 0.3) is 0 Å². The number of halogens is 1. The van der Waals surface area contributed by atoms with E-state index in [1.807, 2.05) is 59.2 Å². The average Bonchev–Trinajstić information content (AvgIpc) is 3.07. The summed E-state index contributed by atoms with van der Waals surface area (Å²) in [4.78, 5) is 19.7. The van der Waals surface area contributed by atoms with Gasteiger partial charge in [0.1, 0.15) is 29.3 Å². The molecule has 0 aliphatic carbocycles. The van der Waals surface area contributed by atoms with E-state index in [0.717, 1.165) is 16.9 Å². The van der Waals surface area contributed by atoms with Gasteiger partial charge in [-0.25, -0.2) is 14.8 Å². The molecule has 32 heavy (non-hydrogen) atoms. The number of carbonyl (C=O) groups is 1. The van der Waals surface area contributed by atoms with Crippen molar-refractivity contribution < 1.29 is 14.6 Å². The van der Waals surface area contributed by atoms with E-state index in [2.05, 4.69) is 37.8 Å². The summed E-state index contributed by atoms with van der Waals surface area (Å²) in [6.45, 7) is 4.00. The monoisotopic (exact) mass is 493 g/mol. The number of aromatic nitrogens is 3. The van der Waals surface area contributed by atoms with Crippen LogP contribution in [0.4, 0.5) is 10.6 Å². The van der Waals surface area contributed by atoms with Crippen molar-refractivity contribution in [1.82, 2.24) is 19.9 Å². The normalized spacial score (nSPS) is 11.8. The van der Waals surface area contributed by atoms with Crippen LogP contribution < -0.4 is 15.8 Å². The molecule has 0 radical (unpaired) electrons. The van der Waals surface area contributed by atoms with Crippen LogP contribution in [0.3, 0.4) is 0 Å². The number of benzene rings is 2. The van der Waals surface area contributed by atoms with Gasteiger partial charge in [0.15, 0.2) is 0 Å². The SMILES string of the molecule is C=CC(Cn1c(Br)c(-c2ccc(Oc3ccccc3)cc2)c2c(N)ncnc21)NC(=O)O. The minimum atomic E-state index is -1.13.